The number of aromatic nitrogens is 2. The van der Waals surface area contributed by atoms with Gasteiger partial charge >= 0.3 is 0 Å². The molecule has 0 bridgehead atoms. The van der Waals surface area contributed by atoms with Gasteiger partial charge in [0, 0.05) is 12.3 Å². The number of rotatable bonds is 4. The summed E-state index contributed by atoms with van der Waals surface area (Å²) in [5.41, 5.74) is 6.69. The van der Waals surface area contributed by atoms with E-state index in [2.05, 4.69) is 15.3 Å². The molecule has 0 fully saturated rings. The van der Waals surface area contributed by atoms with Crippen molar-refractivity contribution in [1.29, 1.82) is 0 Å². The third-order valence-corrected chi connectivity index (χ3v) is 4.13. The zero-order chi connectivity index (χ0) is 14.0. The summed E-state index contributed by atoms with van der Waals surface area (Å²) in [5, 5.41) is 5.73. The summed E-state index contributed by atoms with van der Waals surface area (Å²) >= 11 is 2.74. The number of amides is 2. The molecule has 8 heteroatoms. The fourth-order valence-corrected chi connectivity index (χ4v) is 3.33. The maximum Gasteiger partial charge on any atom is 0.224 e. The van der Waals surface area contributed by atoms with Gasteiger partial charge in [-0.25, -0.2) is 9.97 Å². The van der Waals surface area contributed by atoms with Crippen LogP contribution in [-0.4, -0.2) is 21.8 Å². The minimum atomic E-state index is -0.402. The molecule has 2 heterocycles. The van der Waals surface area contributed by atoms with Crippen LogP contribution in [0.5, 0.6) is 0 Å². The second-order valence-corrected chi connectivity index (χ2v) is 5.83. The number of hydrogen-bond donors (Lipinski definition) is 2. The molecule has 0 saturated heterocycles. The highest BCUT2D eigenvalue weighted by molar-refractivity contribution is 7.19. The lowest BCUT2D eigenvalue weighted by molar-refractivity contribution is -0.117. The van der Waals surface area contributed by atoms with Gasteiger partial charge in [-0.05, 0) is 6.92 Å². The molecule has 0 unspecified atom stereocenters. The standard InChI is InChI=1S/C11H12N4O2S2/c1-5-10(19-11(13-5)14-6(2)16)7-4-18-9(15-7)3-8(12)17/h4H,3H2,1-2H3,(H2,12,17)(H,13,14,16). The fraction of sp³-hybridized carbons (Fsp3) is 0.273. The van der Waals surface area contributed by atoms with Crippen LogP contribution in [0.4, 0.5) is 5.13 Å². The summed E-state index contributed by atoms with van der Waals surface area (Å²) in [5.74, 6) is -0.561. The van der Waals surface area contributed by atoms with Gasteiger partial charge in [-0.1, -0.05) is 11.3 Å². The van der Waals surface area contributed by atoms with Gasteiger partial charge in [0.1, 0.15) is 5.01 Å². The fourth-order valence-electron chi connectivity index (χ4n) is 1.48. The van der Waals surface area contributed by atoms with E-state index in [1.807, 2.05) is 12.3 Å². The minimum Gasteiger partial charge on any atom is -0.369 e. The van der Waals surface area contributed by atoms with Crippen LogP contribution >= 0.6 is 22.7 Å². The summed E-state index contributed by atoms with van der Waals surface area (Å²) in [4.78, 5) is 31.3. The highest BCUT2D eigenvalue weighted by Crippen LogP contribution is 2.33. The maximum absolute atomic E-state index is 11.0. The van der Waals surface area contributed by atoms with Crippen LogP contribution in [0.3, 0.4) is 0 Å². The molecule has 0 aliphatic heterocycles. The first-order valence-corrected chi connectivity index (χ1v) is 7.13. The Morgan fingerprint density at radius 3 is 2.79 bits per heavy atom. The van der Waals surface area contributed by atoms with Gasteiger partial charge in [-0.2, -0.15) is 0 Å². The summed E-state index contributed by atoms with van der Waals surface area (Å²) < 4.78 is 0. The number of carbonyl (C=O) groups is 2. The summed E-state index contributed by atoms with van der Waals surface area (Å²) in [6.07, 6.45) is 0.140. The van der Waals surface area contributed by atoms with E-state index in [1.165, 1.54) is 29.6 Å². The van der Waals surface area contributed by atoms with E-state index in [9.17, 15) is 9.59 Å². The van der Waals surface area contributed by atoms with Crippen LogP contribution in [0, 0.1) is 6.92 Å². The van der Waals surface area contributed by atoms with Gasteiger partial charge in [0.25, 0.3) is 0 Å². The number of nitrogens with zero attached hydrogens (tertiary/aromatic N) is 2. The molecular formula is C11H12N4O2S2. The maximum atomic E-state index is 11.0. The molecule has 0 aliphatic rings. The molecule has 2 rings (SSSR count). The van der Waals surface area contributed by atoms with E-state index in [0.717, 1.165) is 16.3 Å². The van der Waals surface area contributed by atoms with E-state index >= 15 is 0 Å². The number of aryl methyl sites for hydroxylation is 1. The number of hydrogen-bond acceptors (Lipinski definition) is 6. The Morgan fingerprint density at radius 2 is 2.16 bits per heavy atom. The van der Waals surface area contributed by atoms with Crippen molar-refractivity contribution in [3.63, 3.8) is 0 Å². The van der Waals surface area contributed by atoms with Crippen molar-refractivity contribution in [3.8, 4) is 10.6 Å². The first-order valence-electron chi connectivity index (χ1n) is 5.44. The first-order chi connectivity index (χ1) is 8.95. The van der Waals surface area contributed by atoms with Crippen molar-refractivity contribution < 1.29 is 9.59 Å². The predicted molar refractivity (Wildman–Crippen MR) is 75.2 cm³/mol. The Bertz CT molecular complexity index is 632. The van der Waals surface area contributed by atoms with Crippen LogP contribution in [0.25, 0.3) is 10.6 Å². The number of primary amides is 1. The van der Waals surface area contributed by atoms with Crippen LogP contribution in [0.15, 0.2) is 5.38 Å². The highest BCUT2D eigenvalue weighted by atomic mass is 32.1. The molecule has 0 radical (unpaired) electrons. The van der Waals surface area contributed by atoms with Crippen LogP contribution in [0.1, 0.15) is 17.6 Å². The zero-order valence-corrected chi connectivity index (χ0v) is 12.0. The van der Waals surface area contributed by atoms with Gasteiger partial charge < -0.3 is 11.1 Å². The molecule has 0 aliphatic carbocycles. The quantitative estimate of drug-likeness (QED) is 0.894. The van der Waals surface area contributed by atoms with Gasteiger partial charge in [0.15, 0.2) is 5.13 Å². The topological polar surface area (TPSA) is 98.0 Å². The second-order valence-electron chi connectivity index (χ2n) is 3.88. The van der Waals surface area contributed by atoms with Crippen molar-refractivity contribution in [2.75, 3.05) is 5.32 Å². The minimum absolute atomic E-state index is 0.140. The largest absolute Gasteiger partial charge is 0.369 e. The highest BCUT2D eigenvalue weighted by Gasteiger charge is 2.14. The van der Waals surface area contributed by atoms with Crippen molar-refractivity contribution in [1.82, 2.24) is 9.97 Å². The molecule has 2 aromatic rings. The molecule has 3 N–H and O–H groups in total. The van der Waals surface area contributed by atoms with E-state index in [0.29, 0.717) is 10.1 Å². The zero-order valence-electron chi connectivity index (χ0n) is 10.4. The van der Waals surface area contributed by atoms with Crippen LogP contribution < -0.4 is 11.1 Å². The van der Waals surface area contributed by atoms with Crippen molar-refractivity contribution >= 4 is 39.6 Å². The van der Waals surface area contributed by atoms with Crippen molar-refractivity contribution in [2.24, 2.45) is 5.73 Å². The molecule has 19 heavy (non-hydrogen) atoms. The monoisotopic (exact) mass is 296 g/mol. The van der Waals surface area contributed by atoms with E-state index in [-0.39, 0.29) is 12.3 Å². The van der Waals surface area contributed by atoms with Gasteiger partial charge in [0.2, 0.25) is 11.8 Å². The van der Waals surface area contributed by atoms with Gasteiger partial charge in [0.05, 0.1) is 22.7 Å². The number of thiazole rings is 2. The Morgan fingerprint density at radius 1 is 1.42 bits per heavy atom. The third kappa shape index (κ3) is 3.36. The van der Waals surface area contributed by atoms with Crippen LogP contribution in [-0.2, 0) is 16.0 Å². The lowest BCUT2D eigenvalue weighted by Gasteiger charge is -1.92. The summed E-state index contributed by atoms with van der Waals surface area (Å²) in [7, 11) is 0. The molecule has 0 spiro atoms. The summed E-state index contributed by atoms with van der Waals surface area (Å²) in [6, 6.07) is 0. The first kappa shape index (κ1) is 13.6. The Kier molecular flexibility index (Phi) is 3.91. The van der Waals surface area contributed by atoms with E-state index in [1.54, 1.807) is 0 Å². The SMILES string of the molecule is CC(=O)Nc1nc(C)c(-c2csc(CC(N)=O)n2)s1. The summed E-state index contributed by atoms with van der Waals surface area (Å²) in [6.45, 7) is 3.29. The van der Waals surface area contributed by atoms with Crippen molar-refractivity contribution in [2.45, 2.75) is 20.3 Å². The Hall–Kier alpha value is -1.80. The molecule has 100 valence electrons. The Labute approximate surface area is 117 Å². The average molecular weight is 296 g/mol. The van der Waals surface area contributed by atoms with Gasteiger partial charge in [-0.15, -0.1) is 11.3 Å². The molecule has 0 aromatic carbocycles. The molecular weight excluding hydrogens is 284 g/mol. The molecule has 0 atom stereocenters. The van der Waals surface area contributed by atoms with Crippen molar-refractivity contribution in [3.05, 3.63) is 16.1 Å². The molecule has 0 saturated carbocycles. The normalized spacial score (nSPS) is 10.4. The molecule has 6 nitrogen and oxygen atoms in total. The third-order valence-electron chi connectivity index (χ3n) is 2.19. The number of nitrogens with one attached hydrogen (secondary N) is 1. The predicted octanol–water partition coefficient (Wildman–Crippen LogP) is 1.56. The van der Waals surface area contributed by atoms with Crippen LogP contribution in [0.2, 0.25) is 0 Å². The molecule has 2 amide bonds. The molecule has 2 aromatic heterocycles. The average Bonchev–Trinajstić information content (AvgIpc) is 2.83. The van der Waals surface area contributed by atoms with E-state index in [4.69, 9.17) is 5.73 Å². The number of carbonyl (C=O) groups excluding carboxylic acids is 2. The Balaban J connectivity index is 2.26. The lowest BCUT2D eigenvalue weighted by Crippen LogP contribution is -2.13. The smallest absolute Gasteiger partial charge is 0.224 e. The second kappa shape index (κ2) is 5.45. The number of anilines is 1. The van der Waals surface area contributed by atoms with Gasteiger partial charge in [-0.3, -0.25) is 9.59 Å². The number of nitrogens with two attached hydrogens (primary N) is 1. The van der Waals surface area contributed by atoms with E-state index < -0.39 is 5.91 Å². The lowest BCUT2D eigenvalue weighted by atomic mass is 10.3.